The number of carbonyl (C=O) groups excluding carboxylic acids is 1. The molecule has 6 heteroatoms. The largest absolute Gasteiger partial charge is 0.493 e. The third-order valence-corrected chi connectivity index (χ3v) is 4.17. The Morgan fingerprint density at radius 1 is 1.30 bits per heavy atom. The minimum absolute atomic E-state index is 0. The van der Waals surface area contributed by atoms with Gasteiger partial charge in [-0.1, -0.05) is 6.07 Å². The fourth-order valence-electron chi connectivity index (χ4n) is 3.02. The number of benzene rings is 1. The van der Waals surface area contributed by atoms with E-state index in [4.69, 9.17) is 9.47 Å². The average molecular weight is 343 g/mol. The summed E-state index contributed by atoms with van der Waals surface area (Å²) in [5, 5.41) is 3.21. The molecule has 0 aromatic heterocycles. The van der Waals surface area contributed by atoms with E-state index in [2.05, 4.69) is 5.32 Å². The van der Waals surface area contributed by atoms with E-state index in [0.717, 1.165) is 31.6 Å². The number of nitrogens with one attached hydrogen (secondary N) is 1. The molecule has 130 valence electrons. The number of piperidine rings is 1. The molecule has 1 aromatic rings. The first-order valence-corrected chi connectivity index (χ1v) is 7.81. The molecule has 1 unspecified atom stereocenters. The molecule has 0 spiro atoms. The molecular weight excluding hydrogens is 316 g/mol. The van der Waals surface area contributed by atoms with Crippen molar-refractivity contribution in [3.63, 3.8) is 0 Å². The quantitative estimate of drug-likeness (QED) is 0.860. The van der Waals surface area contributed by atoms with E-state index in [-0.39, 0.29) is 18.3 Å². The summed E-state index contributed by atoms with van der Waals surface area (Å²) >= 11 is 0. The van der Waals surface area contributed by atoms with Gasteiger partial charge in [0.25, 0.3) is 0 Å². The second kappa shape index (κ2) is 9.63. The highest BCUT2D eigenvalue weighted by Gasteiger charge is 2.23. The number of amides is 1. The Labute approximate surface area is 144 Å². The van der Waals surface area contributed by atoms with Gasteiger partial charge in [-0.15, -0.1) is 12.4 Å². The number of hydrogen-bond donors (Lipinski definition) is 1. The molecule has 1 aliphatic heterocycles. The van der Waals surface area contributed by atoms with Crippen LogP contribution in [-0.4, -0.2) is 51.7 Å². The van der Waals surface area contributed by atoms with Crippen LogP contribution in [0.3, 0.4) is 0 Å². The first-order valence-electron chi connectivity index (χ1n) is 7.81. The van der Waals surface area contributed by atoms with Crippen molar-refractivity contribution in [3.8, 4) is 11.5 Å². The van der Waals surface area contributed by atoms with E-state index in [9.17, 15) is 4.79 Å². The second-order valence-electron chi connectivity index (χ2n) is 5.77. The Bertz CT molecular complexity index is 509. The van der Waals surface area contributed by atoms with Crippen LogP contribution >= 0.6 is 12.4 Å². The molecule has 0 radical (unpaired) electrons. The monoisotopic (exact) mass is 342 g/mol. The number of halogens is 1. The van der Waals surface area contributed by atoms with Gasteiger partial charge in [0.2, 0.25) is 5.91 Å². The third kappa shape index (κ3) is 5.29. The lowest BCUT2D eigenvalue weighted by atomic mass is 9.97. The molecule has 5 nitrogen and oxygen atoms in total. The molecule has 1 aromatic carbocycles. The SMILES string of the molecule is CNCC1CCCN(C(=O)Cc2ccc(OC)c(OC)c2)C1.Cl. The van der Waals surface area contributed by atoms with Gasteiger partial charge in [-0.25, -0.2) is 0 Å². The fraction of sp³-hybridized carbons (Fsp3) is 0.588. The Morgan fingerprint density at radius 2 is 2.04 bits per heavy atom. The van der Waals surface area contributed by atoms with E-state index in [0.29, 0.717) is 23.8 Å². The molecule has 1 saturated heterocycles. The zero-order valence-corrected chi connectivity index (χ0v) is 14.9. The molecule has 2 rings (SSSR count). The minimum atomic E-state index is 0. The molecule has 1 amide bonds. The van der Waals surface area contributed by atoms with Crippen LogP contribution in [0.5, 0.6) is 11.5 Å². The number of methoxy groups -OCH3 is 2. The van der Waals surface area contributed by atoms with Crippen LogP contribution in [0, 0.1) is 5.92 Å². The van der Waals surface area contributed by atoms with Gasteiger partial charge < -0.3 is 19.7 Å². The van der Waals surface area contributed by atoms with Gasteiger partial charge in [0.05, 0.1) is 20.6 Å². The van der Waals surface area contributed by atoms with Crippen molar-refractivity contribution in [1.29, 1.82) is 0 Å². The predicted molar refractivity (Wildman–Crippen MR) is 93.7 cm³/mol. The maximum Gasteiger partial charge on any atom is 0.227 e. The first kappa shape index (κ1) is 19.6. The maximum absolute atomic E-state index is 12.5. The summed E-state index contributed by atoms with van der Waals surface area (Å²) in [5.41, 5.74) is 0.957. The first-order chi connectivity index (χ1) is 10.7. The highest BCUT2D eigenvalue weighted by Crippen LogP contribution is 2.28. The average Bonchev–Trinajstić information content (AvgIpc) is 2.55. The number of hydrogen-bond acceptors (Lipinski definition) is 4. The number of carbonyl (C=O) groups is 1. The summed E-state index contributed by atoms with van der Waals surface area (Å²) in [6.45, 7) is 2.69. The highest BCUT2D eigenvalue weighted by atomic mass is 35.5. The zero-order valence-electron chi connectivity index (χ0n) is 14.1. The van der Waals surface area contributed by atoms with Crippen molar-refractivity contribution < 1.29 is 14.3 Å². The van der Waals surface area contributed by atoms with Crippen LogP contribution in [0.2, 0.25) is 0 Å². The van der Waals surface area contributed by atoms with E-state index in [1.54, 1.807) is 14.2 Å². The van der Waals surface area contributed by atoms with Crippen molar-refractivity contribution in [1.82, 2.24) is 10.2 Å². The van der Waals surface area contributed by atoms with Crippen LogP contribution < -0.4 is 14.8 Å². The molecule has 1 heterocycles. The standard InChI is InChI=1S/C17H26N2O3.ClH/c1-18-11-14-5-4-8-19(12-14)17(20)10-13-6-7-15(21-2)16(9-13)22-3;/h6-7,9,14,18H,4-5,8,10-12H2,1-3H3;1H. The smallest absolute Gasteiger partial charge is 0.227 e. The fourth-order valence-corrected chi connectivity index (χ4v) is 3.02. The third-order valence-electron chi connectivity index (χ3n) is 4.17. The highest BCUT2D eigenvalue weighted by molar-refractivity contribution is 5.85. The molecule has 23 heavy (non-hydrogen) atoms. The van der Waals surface area contributed by atoms with Crippen LogP contribution in [0.1, 0.15) is 18.4 Å². The summed E-state index contributed by atoms with van der Waals surface area (Å²) in [7, 11) is 5.18. The van der Waals surface area contributed by atoms with Crippen molar-refractivity contribution >= 4 is 18.3 Å². The predicted octanol–water partition coefficient (Wildman–Crippen LogP) is 2.13. The Hall–Kier alpha value is -1.46. The topological polar surface area (TPSA) is 50.8 Å². The molecule has 0 bridgehead atoms. The zero-order chi connectivity index (χ0) is 15.9. The Balaban J connectivity index is 0.00000264. The minimum Gasteiger partial charge on any atom is -0.493 e. The van der Waals surface area contributed by atoms with Crippen molar-refractivity contribution in [2.75, 3.05) is 40.9 Å². The number of ether oxygens (including phenoxy) is 2. The summed E-state index contributed by atoms with van der Waals surface area (Å²) in [6.07, 6.45) is 2.69. The van der Waals surface area contributed by atoms with Gasteiger partial charge in [0.15, 0.2) is 11.5 Å². The van der Waals surface area contributed by atoms with Gasteiger partial charge in [0, 0.05) is 13.1 Å². The van der Waals surface area contributed by atoms with Gasteiger partial charge >= 0.3 is 0 Å². The second-order valence-corrected chi connectivity index (χ2v) is 5.77. The Morgan fingerprint density at radius 3 is 2.70 bits per heavy atom. The molecule has 1 N–H and O–H groups in total. The molecule has 0 saturated carbocycles. The summed E-state index contributed by atoms with van der Waals surface area (Å²) in [6, 6.07) is 5.65. The van der Waals surface area contributed by atoms with Gasteiger partial charge in [-0.3, -0.25) is 4.79 Å². The van der Waals surface area contributed by atoms with Crippen molar-refractivity contribution in [3.05, 3.63) is 23.8 Å². The van der Waals surface area contributed by atoms with Crippen LogP contribution in [-0.2, 0) is 11.2 Å². The summed E-state index contributed by atoms with van der Waals surface area (Å²) < 4.78 is 10.5. The van der Waals surface area contributed by atoms with Gasteiger partial charge in [-0.2, -0.15) is 0 Å². The van der Waals surface area contributed by atoms with Crippen molar-refractivity contribution in [2.24, 2.45) is 5.92 Å². The van der Waals surface area contributed by atoms with Crippen LogP contribution in [0.15, 0.2) is 18.2 Å². The lowest BCUT2D eigenvalue weighted by molar-refractivity contribution is -0.132. The number of rotatable bonds is 6. The van der Waals surface area contributed by atoms with Crippen molar-refractivity contribution in [2.45, 2.75) is 19.3 Å². The summed E-state index contributed by atoms with van der Waals surface area (Å²) in [5.74, 6) is 2.10. The van der Waals surface area contributed by atoms with E-state index >= 15 is 0 Å². The maximum atomic E-state index is 12.5. The van der Waals surface area contributed by atoms with E-state index in [1.165, 1.54) is 6.42 Å². The number of nitrogens with zero attached hydrogens (tertiary/aromatic N) is 1. The number of likely N-dealkylation sites (tertiary alicyclic amines) is 1. The van der Waals surface area contributed by atoms with Crippen LogP contribution in [0.25, 0.3) is 0 Å². The lowest BCUT2D eigenvalue weighted by Gasteiger charge is -2.32. The molecule has 1 aliphatic rings. The van der Waals surface area contributed by atoms with E-state index in [1.807, 2.05) is 30.1 Å². The molecule has 0 aliphatic carbocycles. The Kier molecular flexibility index (Phi) is 8.20. The molecule has 1 atom stereocenters. The lowest BCUT2D eigenvalue weighted by Crippen LogP contribution is -2.43. The van der Waals surface area contributed by atoms with Crippen LogP contribution in [0.4, 0.5) is 0 Å². The normalized spacial score (nSPS) is 17.3. The molecular formula is C17H27ClN2O3. The summed E-state index contributed by atoms with van der Waals surface area (Å²) in [4.78, 5) is 14.5. The van der Waals surface area contributed by atoms with Gasteiger partial charge in [0.1, 0.15) is 0 Å². The van der Waals surface area contributed by atoms with Gasteiger partial charge in [-0.05, 0) is 50.0 Å². The molecule has 1 fully saturated rings. The van der Waals surface area contributed by atoms with E-state index < -0.39 is 0 Å².